The molecule has 2 amide bonds. The minimum Gasteiger partial charge on any atom is -0.490 e. The summed E-state index contributed by atoms with van der Waals surface area (Å²) in [5.41, 5.74) is 0.00454. The second-order valence-electron chi connectivity index (χ2n) is 6.74. The lowest BCUT2D eigenvalue weighted by molar-refractivity contribution is -0.385. The van der Waals surface area contributed by atoms with E-state index in [0.29, 0.717) is 5.56 Å². The molecule has 0 fully saturated rings. The number of rotatable bonds is 9. The fourth-order valence-electron chi connectivity index (χ4n) is 3.31. The number of ether oxygens (including phenoxy) is 2. The van der Waals surface area contributed by atoms with Gasteiger partial charge in [-0.15, -0.1) is 0 Å². The molecule has 164 valence electrons. The highest BCUT2D eigenvalue weighted by atomic mass is 19.3. The Labute approximate surface area is 175 Å². The highest BCUT2D eigenvalue weighted by Gasteiger charge is 2.41. The van der Waals surface area contributed by atoms with Crippen LogP contribution in [0.15, 0.2) is 36.4 Å². The molecule has 1 aliphatic rings. The Morgan fingerprint density at radius 2 is 1.90 bits per heavy atom. The van der Waals surface area contributed by atoms with Crippen LogP contribution in [0.25, 0.3) is 0 Å². The Bertz CT molecular complexity index is 1030. The van der Waals surface area contributed by atoms with Gasteiger partial charge in [0.25, 0.3) is 17.5 Å². The second kappa shape index (κ2) is 9.04. The van der Waals surface area contributed by atoms with Crippen LogP contribution < -0.4 is 9.47 Å². The first-order valence-electron chi connectivity index (χ1n) is 9.25. The molecule has 3 rings (SSSR count). The summed E-state index contributed by atoms with van der Waals surface area (Å²) in [6, 6.07) is 8.35. The fourth-order valence-corrected chi connectivity index (χ4v) is 3.31. The number of nitro groups is 1. The molecule has 9 nitrogen and oxygen atoms in total. The summed E-state index contributed by atoms with van der Waals surface area (Å²) in [6.07, 6.45) is 0. The number of halogens is 2. The van der Waals surface area contributed by atoms with E-state index in [1.54, 1.807) is 24.9 Å². The summed E-state index contributed by atoms with van der Waals surface area (Å²) in [4.78, 5) is 38.3. The van der Waals surface area contributed by atoms with Crippen LogP contribution in [-0.2, 0) is 6.54 Å². The lowest BCUT2D eigenvalue weighted by Crippen LogP contribution is -2.39. The number of nitrogens with zero attached hydrogens (tertiary/aromatic N) is 3. The molecule has 0 aromatic heterocycles. The average Bonchev–Trinajstić information content (AvgIpc) is 2.94. The first-order chi connectivity index (χ1) is 14.7. The standard InChI is InChI=1S/C20H19F2N3O6/c1-3-30-16-9-12(7-8-15(16)31-20(21)22)10-23(2)11-24-18(26)13-5-4-6-14(25(28)29)17(13)19(24)27/h4-9,20H,3,10-11H2,1-2H3. The molecule has 31 heavy (non-hydrogen) atoms. The molecule has 0 radical (unpaired) electrons. The van der Waals surface area contributed by atoms with Crippen LogP contribution in [-0.4, -0.2) is 53.5 Å². The zero-order valence-electron chi connectivity index (χ0n) is 16.7. The van der Waals surface area contributed by atoms with Crippen molar-refractivity contribution in [1.82, 2.24) is 9.80 Å². The smallest absolute Gasteiger partial charge is 0.387 e. The zero-order valence-corrected chi connectivity index (χ0v) is 16.7. The van der Waals surface area contributed by atoms with Gasteiger partial charge < -0.3 is 9.47 Å². The van der Waals surface area contributed by atoms with E-state index in [9.17, 15) is 28.5 Å². The third-order valence-electron chi connectivity index (χ3n) is 4.53. The molecule has 1 heterocycles. The van der Waals surface area contributed by atoms with Crippen molar-refractivity contribution in [2.45, 2.75) is 20.1 Å². The van der Waals surface area contributed by atoms with E-state index in [0.717, 1.165) is 4.90 Å². The fraction of sp³-hybridized carbons (Fsp3) is 0.300. The predicted molar refractivity (Wildman–Crippen MR) is 104 cm³/mol. The first kappa shape index (κ1) is 22.1. The van der Waals surface area contributed by atoms with Crippen LogP contribution in [0.3, 0.4) is 0 Å². The van der Waals surface area contributed by atoms with E-state index in [1.807, 2.05) is 0 Å². The van der Waals surface area contributed by atoms with Gasteiger partial charge >= 0.3 is 6.61 Å². The Balaban J connectivity index is 1.75. The van der Waals surface area contributed by atoms with Crippen molar-refractivity contribution < 1.29 is 32.8 Å². The maximum atomic E-state index is 12.7. The van der Waals surface area contributed by atoms with Gasteiger partial charge in [0.05, 0.1) is 23.8 Å². The number of hydrogen-bond donors (Lipinski definition) is 0. The third-order valence-corrected chi connectivity index (χ3v) is 4.53. The quantitative estimate of drug-likeness (QED) is 0.338. The highest BCUT2D eigenvalue weighted by Crippen LogP contribution is 2.32. The van der Waals surface area contributed by atoms with Crippen LogP contribution in [0.1, 0.15) is 33.2 Å². The number of carbonyl (C=O) groups excluding carboxylic acids is 2. The second-order valence-corrected chi connectivity index (χ2v) is 6.74. The van der Waals surface area contributed by atoms with Gasteiger partial charge in [-0.05, 0) is 37.7 Å². The number of hydrogen-bond acceptors (Lipinski definition) is 7. The monoisotopic (exact) mass is 435 g/mol. The number of imide groups is 1. The topological polar surface area (TPSA) is 102 Å². The van der Waals surface area contributed by atoms with Crippen molar-refractivity contribution >= 4 is 17.5 Å². The summed E-state index contributed by atoms with van der Waals surface area (Å²) < 4.78 is 34.9. The SMILES string of the molecule is CCOc1cc(CN(C)CN2C(=O)c3cccc([N+](=O)[O-])c3C2=O)ccc1OC(F)F. The van der Waals surface area contributed by atoms with Crippen molar-refractivity contribution in [1.29, 1.82) is 0 Å². The molecule has 2 aromatic carbocycles. The molecule has 0 aliphatic carbocycles. The number of alkyl halides is 2. The van der Waals surface area contributed by atoms with Gasteiger partial charge in [-0.1, -0.05) is 12.1 Å². The molecule has 0 saturated carbocycles. The van der Waals surface area contributed by atoms with Gasteiger partial charge in [0.1, 0.15) is 5.56 Å². The molecule has 11 heteroatoms. The maximum absolute atomic E-state index is 12.7. The lowest BCUT2D eigenvalue weighted by atomic mass is 10.1. The van der Waals surface area contributed by atoms with Gasteiger partial charge in [0, 0.05) is 12.6 Å². The first-order valence-corrected chi connectivity index (χ1v) is 9.25. The van der Waals surface area contributed by atoms with E-state index in [1.165, 1.54) is 30.3 Å². The molecular formula is C20H19F2N3O6. The summed E-state index contributed by atoms with van der Waals surface area (Å²) in [6.45, 7) is -0.933. The average molecular weight is 435 g/mol. The molecule has 0 atom stereocenters. The molecular weight excluding hydrogens is 416 g/mol. The van der Waals surface area contributed by atoms with Crippen LogP contribution in [0.5, 0.6) is 11.5 Å². The minimum absolute atomic E-state index is 0.0141. The van der Waals surface area contributed by atoms with E-state index in [-0.39, 0.29) is 42.4 Å². The summed E-state index contributed by atoms with van der Waals surface area (Å²) in [5, 5.41) is 11.2. The highest BCUT2D eigenvalue weighted by molar-refractivity contribution is 6.23. The van der Waals surface area contributed by atoms with Crippen LogP contribution in [0.4, 0.5) is 14.5 Å². The Kier molecular flexibility index (Phi) is 6.44. The molecule has 0 unspecified atom stereocenters. The van der Waals surface area contributed by atoms with Crippen LogP contribution in [0.2, 0.25) is 0 Å². The summed E-state index contributed by atoms with van der Waals surface area (Å²) in [5.74, 6) is -1.32. The predicted octanol–water partition coefficient (Wildman–Crippen LogP) is 3.28. The molecule has 0 N–H and O–H groups in total. The van der Waals surface area contributed by atoms with E-state index in [2.05, 4.69) is 4.74 Å². The van der Waals surface area contributed by atoms with E-state index < -0.39 is 29.0 Å². The minimum atomic E-state index is -2.99. The van der Waals surface area contributed by atoms with Crippen molar-refractivity contribution in [3.05, 3.63) is 63.2 Å². The zero-order chi connectivity index (χ0) is 22.7. The number of benzene rings is 2. The number of carbonyl (C=O) groups is 2. The van der Waals surface area contributed by atoms with Gasteiger partial charge in [0.15, 0.2) is 11.5 Å². The van der Waals surface area contributed by atoms with Crippen molar-refractivity contribution in [3.63, 3.8) is 0 Å². The van der Waals surface area contributed by atoms with Gasteiger partial charge in [-0.25, -0.2) is 0 Å². The number of amides is 2. The Morgan fingerprint density at radius 1 is 1.16 bits per heavy atom. The number of fused-ring (bicyclic) bond motifs is 1. The Morgan fingerprint density at radius 3 is 2.55 bits per heavy atom. The molecule has 1 aliphatic heterocycles. The Hall–Kier alpha value is -3.60. The lowest BCUT2D eigenvalue weighted by Gasteiger charge is -2.23. The molecule has 0 saturated heterocycles. The number of nitro benzene ring substituents is 1. The summed E-state index contributed by atoms with van der Waals surface area (Å²) in [7, 11) is 1.64. The van der Waals surface area contributed by atoms with Gasteiger partial charge in [-0.2, -0.15) is 8.78 Å². The van der Waals surface area contributed by atoms with Gasteiger partial charge in [0.2, 0.25) is 0 Å². The molecule has 0 bridgehead atoms. The largest absolute Gasteiger partial charge is 0.490 e. The van der Waals surface area contributed by atoms with Crippen molar-refractivity contribution in [3.8, 4) is 11.5 Å². The third kappa shape index (κ3) is 4.61. The van der Waals surface area contributed by atoms with E-state index in [4.69, 9.17) is 4.74 Å². The normalized spacial score (nSPS) is 13.2. The summed E-state index contributed by atoms with van der Waals surface area (Å²) >= 11 is 0. The molecule has 2 aromatic rings. The maximum Gasteiger partial charge on any atom is 0.387 e. The molecule has 0 spiro atoms. The van der Waals surface area contributed by atoms with Crippen molar-refractivity contribution in [2.75, 3.05) is 20.3 Å². The van der Waals surface area contributed by atoms with Crippen molar-refractivity contribution in [2.24, 2.45) is 0 Å². The van der Waals surface area contributed by atoms with Gasteiger partial charge in [-0.3, -0.25) is 29.5 Å². The van der Waals surface area contributed by atoms with Crippen LogP contribution in [0, 0.1) is 10.1 Å². The van der Waals surface area contributed by atoms with E-state index >= 15 is 0 Å². The van der Waals surface area contributed by atoms with Crippen LogP contribution >= 0.6 is 0 Å².